The zero-order valence-electron chi connectivity index (χ0n) is 6.55. The third kappa shape index (κ3) is 1.99. The maximum Gasteiger partial charge on any atom is 0.181 e. The third-order valence-electron chi connectivity index (χ3n) is 1.50. The van der Waals surface area contributed by atoms with Crippen molar-refractivity contribution in [2.45, 2.75) is 12.3 Å². The second-order valence-electron chi connectivity index (χ2n) is 2.46. The lowest BCUT2D eigenvalue weighted by Gasteiger charge is -2.03. The highest BCUT2D eigenvalue weighted by molar-refractivity contribution is 6.38. The van der Waals surface area contributed by atoms with Gasteiger partial charge in [-0.2, -0.15) is 0 Å². The first-order valence-electron chi connectivity index (χ1n) is 3.55. The summed E-state index contributed by atoms with van der Waals surface area (Å²) >= 11 is 11.4. The predicted molar refractivity (Wildman–Crippen MR) is 51.1 cm³/mol. The molecule has 0 aliphatic heterocycles. The summed E-state index contributed by atoms with van der Waals surface area (Å²) in [7, 11) is 0. The van der Waals surface area contributed by atoms with Crippen LogP contribution in [0.4, 0.5) is 0 Å². The van der Waals surface area contributed by atoms with Crippen LogP contribution in [0.5, 0.6) is 0 Å². The first-order chi connectivity index (χ1) is 5.63. The van der Waals surface area contributed by atoms with Crippen LogP contribution in [0.1, 0.15) is 17.3 Å². The van der Waals surface area contributed by atoms with Crippen LogP contribution in [0.15, 0.2) is 24.3 Å². The van der Waals surface area contributed by atoms with Crippen LogP contribution >= 0.6 is 23.2 Å². The van der Waals surface area contributed by atoms with E-state index in [0.717, 1.165) is 0 Å². The maximum atomic E-state index is 11.3. The molecule has 1 atom stereocenters. The number of alkyl halides is 1. The van der Waals surface area contributed by atoms with Gasteiger partial charge in [-0.25, -0.2) is 0 Å². The van der Waals surface area contributed by atoms with Crippen LogP contribution in [-0.2, 0) is 0 Å². The van der Waals surface area contributed by atoms with Crippen LogP contribution in [0.3, 0.4) is 0 Å². The number of carbonyl (C=O) groups is 1. The quantitative estimate of drug-likeness (QED) is 0.533. The molecule has 1 unspecified atom stereocenters. The zero-order chi connectivity index (χ0) is 9.14. The number of carbonyl (C=O) groups excluding carboxylic acids is 1. The topological polar surface area (TPSA) is 17.1 Å². The lowest BCUT2D eigenvalue weighted by Crippen LogP contribution is -2.10. The lowest BCUT2D eigenvalue weighted by molar-refractivity contribution is 0.0992. The summed E-state index contributed by atoms with van der Waals surface area (Å²) in [5, 5.41) is -0.0695. The van der Waals surface area contributed by atoms with E-state index in [1.807, 2.05) is 0 Å². The van der Waals surface area contributed by atoms with Crippen molar-refractivity contribution in [3.05, 3.63) is 34.9 Å². The van der Waals surface area contributed by atoms with Gasteiger partial charge in [0.1, 0.15) is 0 Å². The second kappa shape index (κ2) is 3.92. The van der Waals surface area contributed by atoms with Crippen molar-refractivity contribution in [3.63, 3.8) is 0 Å². The average molecular weight is 203 g/mol. The van der Waals surface area contributed by atoms with Gasteiger partial charge in [0.25, 0.3) is 0 Å². The normalized spacial score (nSPS) is 12.6. The number of ketones is 1. The lowest BCUT2D eigenvalue weighted by atomic mass is 10.1. The smallest absolute Gasteiger partial charge is 0.181 e. The van der Waals surface area contributed by atoms with Crippen molar-refractivity contribution in [1.29, 1.82) is 0 Å². The van der Waals surface area contributed by atoms with Gasteiger partial charge in [0, 0.05) is 5.56 Å². The van der Waals surface area contributed by atoms with Crippen LogP contribution in [0, 0.1) is 0 Å². The number of Topliss-reactive ketones (excluding diaryl/α,β-unsaturated/α-hetero) is 1. The molecule has 1 aromatic carbocycles. The summed E-state index contributed by atoms with van der Waals surface area (Å²) in [4.78, 5) is 11.3. The highest BCUT2D eigenvalue weighted by atomic mass is 35.5. The summed E-state index contributed by atoms with van der Waals surface area (Å²) in [5.74, 6) is -0.137. The van der Waals surface area contributed by atoms with E-state index in [1.54, 1.807) is 31.2 Å². The fourth-order valence-corrected chi connectivity index (χ4v) is 1.22. The van der Waals surface area contributed by atoms with Gasteiger partial charge in [-0.3, -0.25) is 4.79 Å². The Bertz CT molecular complexity index is 294. The Morgan fingerprint density at radius 1 is 1.42 bits per heavy atom. The van der Waals surface area contributed by atoms with Gasteiger partial charge in [-0.15, -0.1) is 11.6 Å². The van der Waals surface area contributed by atoms with E-state index in [2.05, 4.69) is 0 Å². The summed E-state index contributed by atoms with van der Waals surface area (Å²) in [6.07, 6.45) is 0. The van der Waals surface area contributed by atoms with Crippen LogP contribution in [-0.4, -0.2) is 11.2 Å². The van der Waals surface area contributed by atoms with Crippen LogP contribution < -0.4 is 0 Å². The van der Waals surface area contributed by atoms with Crippen LogP contribution in [0.25, 0.3) is 0 Å². The molecule has 0 aromatic heterocycles. The molecule has 0 N–H and O–H groups in total. The van der Waals surface area contributed by atoms with Gasteiger partial charge in [-0.05, 0) is 19.1 Å². The van der Waals surface area contributed by atoms with Gasteiger partial charge < -0.3 is 0 Å². The van der Waals surface area contributed by atoms with Crippen molar-refractivity contribution in [3.8, 4) is 0 Å². The molecule has 0 aliphatic carbocycles. The molecule has 0 saturated heterocycles. The molecule has 0 aliphatic rings. The SMILES string of the molecule is CC(Cl)C(=O)c1ccccc1Cl. The molecule has 0 radical (unpaired) electrons. The van der Waals surface area contributed by atoms with Gasteiger partial charge in [-0.1, -0.05) is 23.7 Å². The first-order valence-corrected chi connectivity index (χ1v) is 4.37. The Morgan fingerprint density at radius 2 is 2.00 bits per heavy atom. The van der Waals surface area contributed by atoms with E-state index in [4.69, 9.17) is 23.2 Å². The fourth-order valence-electron chi connectivity index (χ4n) is 0.875. The largest absolute Gasteiger partial charge is 0.292 e. The molecule has 0 spiro atoms. The van der Waals surface area contributed by atoms with Crippen LogP contribution in [0.2, 0.25) is 5.02 Å². The Balaban J connectivity index is 3.03. The first kappa shape index (κ1) is 9.56. The molecule has 1 nitrogen and oxygen atoms in total. The highest BCUT2D eigenvalue weighted by Gasteiger charge is 2.14. The molecule has 12 heavy (non-hydrogen) atoms. The van der Waals surface area contributed by atoms with Crippen molar-refractivity contribution >= 4 is 29.0 Å². The summed E-state index contributed by atoms with van der Waals surface area (Å²) < 4.78 is 0. The number of hydrogen-bond donors (Lipinski definition) is 0. The molecule has 0 amide bonds. The predicted octanol–water partition coefficient (Wildman–Crippen LogP) is 3.15. The van der Waals surface area contributed by atoms with E-state index in [-0.39, 0.29) is 5.78 Å². The molecule has 0 saturated carbocycles. The minimum Gasteiger partial charge on any atom is -0.292 e. The van der Waals surface area contributed by atoms with E-state index in [9.17, 15) is 4.79 Å². The highest BCUT2D eigenvalue weighted by Crippen LogP contribution is 2.18. The Morgan fingerprint density at radius 3 is 2.50 bits per heavy atom. The molecule has 1 aromatic rings. The molecule has 0 fully saturated rings. The molecular weight excluding hydrogens is 195 g/mol. The minimum absolute atomic E-state index is 0.137. The molecule has 3 heteroatoms. The molecule has 64 valence electrons. The van der Waals surface area contributed by atoms with E-state index in [1.165, 1.54) is 0 Å². The van der Waals surface area contributed by atoms with Gasteiger partial charge in [0.2, 0.25) is 0 Å². The molecular formula is C9H8Cl2O. The molecule has 0 bridgehead atoms. The van der Waals surface area contributed by atoms with Crippen molar-refractivity contribution in [1.82, 2.24) is 0 Å². The number of rotatable bonds is 2. The third-order valence-corrected chi connectivity index (χ3v) is 2.03. The van der Waals surface area contributed by atoms with Gasteiger partial charge >= 0.3 is 0 Å². The zero-order valence-corrected chi connectivity index (χ0v) is 8.06. The second-order valence-corrected chi connectivity index (χ2v) is 3.52. The Hall–Kier alpha value is -0.530. The van der Waals surface area contributed by atoms with E-state index >= 15 is 0 Å². The van der Waals surface area contributed by atoms with Crippen molar-refractivity contribution < 1.29 is 4.79 Å². The van der Waals surface area contributed by atoms with E-state index in [0.29, 0.717) is 10.6 Å². The number of hydrogen-bond acceptors (Lipinski definition) is 1. The Kier molecular flexibility index (Phi) is 3.12. The minimum atomic E-state index is -0.523. The van der Waals surface area contributed by atoms with Gasteiger partial charge in [0.05, 0.1) is 10.4 Å². The molecule has 1 rings (SSSR count). The monoisotopic (exact) mass is 202 g/mol. The maximum absolute atomic E-state index is 11.3. The average Bonchev–Trinajstić information content (AvgIpc) is 2.04. The van der Waals surface area contributed by atoms with Gasteiger partial charge in [0.15, 0.2) is 5.78 Å². The summed E-state index contributed by atoms with van der Waals surface area (Å²) in [5.41, 5.74) is 0.488. The van der Waals surface area contributed by atoms with Crippen molar-refractivity contribution in [2.24, 2.45) is 0 Å². The summed E-state index contributed by atoms with van der Waals surface area (Å²) in [6.45, 7) is 1.63. The molecule has 0 heterocycles. The van der Waals surface area contributed by atoms with Crippen molar-refractivity contribution in [2.75, 3.05) is 0 Å². The standard InChI is InChI=1S/C9H8Cl2O/c1-6(10)9(12)7-4-2-3-5-8(7)11/h2-6H,1H3. The number of halogens is 2. The Labute approximate surface area is 81.3 Å². The number of benzene rings is 1. The fraction of sp³-hybridized carbons (Fsp3) is 0.222. The summed E-state index contributed by atoms with van der Waals surface area (Å²) in [6, 6.07) is 6.88. The van der Waals surface area contributed by atoms with E-state index < -0.39 is 5.38 Å².